The quantitative estimate of drug-likeness (QED) is 0.609. The predicted octanol–water partition coefficient (Wildman–Crippen LogP) is 0.432. The molecule has 17 heavy (non-hydrogen) atoms. The Hall–Kier alpha value is -1.63. The normalized spacial score (nSPS) is 12.6. The van der Waals surface area contributed by atoms with Crippen LogP contribution in [0.25, 0.3) is 5.65 Å². The maximum Gasteiger partial charge on any atom is 0.350 e. The zero-order valence-corrected chi connectivity index (χ0v) is 10.6. The molecule has 7 heteroatoms. The van der Waals surface area contributed by atoms with Gasteiger partial charge in [-0.25, -0.2) is 9.48 Å². The fourth-order valence-corrected chi connectivity index (χ4v) is 1.90. The van der Waals surface area contributed by atoms with Crippen molar-refractivity contribution < 1.29 is 9.53 Å². The molecule has 0 radical (unpaired) electrons. The van der Waals surface area contributed by atoms with Crippen LogP contribution < -0.4 is 5.69 Å². The highest BCUT2D eigenvalue weighted by Crippen LogP contribution is 2.04. The average Bonchev–Trinajstić information content (AvgIpc) is 2.66. The number of alkyl halides is 1. The highest BCUT2D eigenvalue weighted by molar-refractivity contribution is 9.10. The van der Waals surface area contributed by atoms with E-state index in [0.717, 1.165) is 0 Å². The molecule has 0 saturated heterocycles. The van der Waals surface area contributed by atoms with Gasteiger partial charge in [0, 0.05) is 6.20 Å². The van der Waals surface area contributed by atoms with Crippen LogP contribution in [0.2, 0.25) is 0 Å². The number of fused-ring (bicyclic) bond motifs is 1. The van der Waals surface area contributed by atoms with Gasteiger partial charge >= 0.3 is 11.7 Å². The molecule has 0 aliphatic rings. The van der Waals surface area contributed by atoms with E-state index in [1.165, 1.54) is 16.2 Å². The Balaban J connectivity index is 2.34. The van der Waals surface area contributed by atoms with Crippen molar-refractivity contribution in [2.24, 2.45) is 0 Å². The van der Waals surface area contributed by atoms with E-state index in [1.54, 1.807) is 24.4 Å². The van der Waals surface area contributed by atoms with Crippen molar-refractivity contribution in [3.05, 3.63) is 34.9 Å². The minimum atomic E-state index is -0.588. The molecular formula is C10H10BrN3O3. The van der Waals surface area contributed by atoms with Crippen LogP contribution in [-0.4, -0.2) is 32.1 Å². The predicted molar refractivity (Wildman–Crippen MR) is 64.2 cm³/mol. The van der Waals surface area contributed by atoms with E-state index in [-0.39, 0.29) is 12.2 Å². The van der Waals surface area contributed by atoms with Gasteiger partial charge in [-0.15, -0.1) is 5.10 Å². The average molecular weight is 300 g/mol. The summed E-state index contributed by atoms with van der Waals surface area (Å²) in [6.45, 7) is 0.132. The minimum Gasteiger partial charge on any atom is -0.468 e. The van der Waals surface area contributed by atoms with Crippen LogP contribution in [0.5, 0.6) is 0 Å². The van der Waals surface area contributed by atoms with E-state index < -0.39 is 10.8 Å². The van der Waals surface area contributed by atoms with Crippen LogP contribution in [0.1, 0.15) is 0 Å². The van der Waals surface area contributed by atoms with Crippen molar-refractivity contribution >= 4 is 27.5 Å². The molecule has 2 heterocycles. The summed E-state index contributed by atoms with van der Waals surface area (Å²) in [4.78, 5) is 22.5. The van der Waals surface area contributed by atoms with E-state index in [9.17, 15) is 9.59 Å². The molecule has 1 unspecified atom stereocenters. The Morgan fingerprint density at radius 2 is 2.35 bits per heavy atom. The number of hydrogen-bond acceptors (Lipinski definition) is 4. The maximum absolute atomic E-state index is 11.9. The smallest absolute Gasteiger partial charge is 0.350 e. The van der Waals surface area contributed by atoms with Crippen molar-refractivity contribution in [3.8, 4) is 0 Å². The molecule has 2 rings (SSSR count). The molecule has 6 nitrogen and oxygen atoms in total. The van der Waals surface area contributed by atoms with Crippen LogP contribution in [0.15, 0.2) is 29.2 Å². The molecule has 0 N–H and O–H groups in total. The Kier molecular flexibility index (Phi) is 3.28. The minimum absolute atomic E-state index is 0.132. The maximum atomic E-state index is 11.9. The van der Waals surface area contributed by atoms with Crippen LogP contribution in [0, 0.1) is 0 Å². The first-order valence-electron chi connectivity index (χ1n) is 4.89. The summed E-state index contributed by atoms with van der Waals surface area (Å²) in [5, 5.41) is 4.10. The molecule has 0 aliphatic carbocycles. The fraction of sp³-hybridized carbons (Fsp3) is 0.300. The van der Waals surface area contributed by atoms with E-state index in [1.807, 2.05) is 0 Å². The number of nitrogens with zero attached hydrogens (tertiary/aromatic N) is 3. The Bertz CT molecular complexity index is 604. The summed E-state index contributed by atoms with van der Waals surface area (Å²) in [6.07, 6.45) is 1.63. The number of halogens is 1. The third-order valence-corrected chi connectivity index (χ3v) is 2.94. The topological polar surface area (TPSA) is 65.6 Å². The number of hydrogen-bond donors (Lipinski definition) is 0. The van der Waals surface area contributed by atoms with Gasteiger partial charge in [0.2, 0.25) is 0 Å². The summed E-state index contributed by atoms with van der Waals surface area (Å²) in [7, 11) is 1.29. The third-order valence-electron chi connectivity index (χ3n) is 2.28. The van der Waals surface area contributed by atoms with Crippen molar-refractivity contribution in [2.45, 2.75) is 11.4 Å². The van der Waals surface area contributed by atoms with Crippen molar-refractivity contribution in [2.75, 3.05) is 7.11 Å². The molecule has 90 valence electrons. The molecular weight excluding hydrogens is 290 g/mol. The van der Waals surface area contributed by atoms with Crippen molar-refractivity contribution in [1.82, 2.24) is 14.2 Å². The number of carbonyl (C=O) groups is 1. The molecule has 0 fully saturated rings. The first kappa shape index (κ1) is 11.8. The number of ether oxygens (including phenoxy) is 1. The number of carbonyl (C=O) groups excluding carboxylic acids is 1. The van der Waals surface area contributed by atoms with Gasteiger partial charge in [0.1, 0.15) is 4.83 Å². The Morgan fingerprint density at radius 1 is 1.59 bits per heavy atom. The van der Waals surface area contributed by atoms with E-state index in [2.05, 4.69) is 25.8 Å². The zero-order valence-electron chi connectivity index (χ0n) is 9.04. The Labute approximate surface area is 105 Å². The lowest BCUT2D eigenvalue weighted by molar-refractivity contribution is -0.140. The first-order valence-corrected chi connectivity index (χ1v) is 5.81. The second-order valence-corrected chi connectivity index (χ2v) is 4.49. The summed E-state index contributed by atoms with van der Waals surface area (Å²) < 4.78 is 7.20. The summed E-state index contributed by atoms with van der Waals surface area (Å²) in [6, 6.07) is 5.25. The van der Waals surface area contributed by atoms with Crippen molar-refractivity contribution in [3.63, 3.8) is 0 Å². The van der Waals surface area contributed by atoms with Crippen LogP contribution in [0.3, 0.4) is 0 Å². The molecule has 0 aromatic carbocycles. The zero-order chi connectivity index (χ0) is 12.4. The summed E-state index contributed by atoms with van der Waals surface area (Å²) >= 11 is 3.15. The molecule has 0 amide bonds. The molecule has 2 aromatic heterocycles. The number of pyridine rings is 1. The van der Waals surface area contributed by atoms with Crippen LogP contribution in [0.4, 0.5) is 0 Å². The molecule has 0 bridgehead atoms. The number of aromatic nitrogens is 3. The molecule has 0 aliphatic heterocycles. The van der Waals surface area contributed by atoms with E-state index in [4.69, 9.17) is 0 Å². The highest BCUT2D eigenvalue weighted by Gasteiger charge is 2.18. The van der Waals surface area contributed by atoms with Gasteiger partial charge in [-0.1, -0.05) is 22.0 Å². The van der Waals surface area contributed by atoms with Gasteiger partial charge in [0.15, 0.2) is 5.65 Å². The second kappa shape index (κ2) is 4.70. The van der Waals surface area contributed by atoms with Gasteiger partial charge < -0.3 is 4.74 Å². The third kappa shape index (κ3) is 2.23. The lowest BCUT2D eigenvalue weighted by atomic mass is 10.4. The van der Waals surface area contributed by atoms with Gasteiger partial charge in [0.05, 0.1) is 13.7 Å². The lowest BCUT2D eigenvalue weighted by Gasteiger charge is -2.05. The standard InChI is InChI=1S/C10H10BrN3O3/c1-17-9(15)7(11)6-14-10(16)13-5-3-2-4-8(13)12-14/h2-5,7H,6H2,1H3. The van der Waals surface area contributed by atoms with Crippen molar-refractivity contribution in [1.29, 1.82) is 0 Å². The number of methoxy groups -OCH3 is 1. The summed E-state index contributed by atoms with van der Waals surface area (Å²) in [5.74, 6) is -0.436. The number of esters is 1. The van der Waals surface area contributed by atoms with Crippen LogP contribution >= 0.6 is 15.9 Å². The largest absolute Gasteiger partial charge is 0.468 e. The number of rotatable bonds is 3. The highest BCUT2D eigenvalue weighted by atomic mass is 79.9. The van der Waals surface area contributed by atoms with Gasteiger partial charge in [-0.2, -0.15) is 0 Å². The summed E-state index contributed by atoms with van der Waals surface area (Å²) in [5.41, 5.74) is 0.260. The lowest BCUT2D eigenvalue weighted by Crippen LogP contribution is -2.29. The Morgan fingerprint density at radius 3 is 3.00 bits per heavy atom. The fourth-order valence-electron chi connectivity index (χ4n) is 1.44. The molecule has 0 saturated carbocycles. The monoisotopic (exact) mass is 299 g/mol. The van der Waals surface area contributed by atoms with E-state index in [0.29, 0.717) is 5.65 Å². The second-order valence-electron chi connectivity index (χ2n) is 3.38. The van der Waals surface area contributed by atoms with Gasteiger partial charge in [-0.05, 0) is 12.1 Å². The van der Waals surface area contributed by atoms with E-state index >= 15 is 0 Å². The first-order chi connectivity index (χ1) is 8.13. The SMILES string of the molecule is COC(=O)C(Br)Cn1nc2ccccn2c1=O. The van der Waals surface area contributed by atoms with Crippen LogP contribution in [-0.2, 0) is 16.1 Å². The molecule has 0 spiro atoms. The van der Waals surface area contributed by atoms with Gasteiger partial charge in [-0.3, -0.25) is 9.20 Å². The van der Waals surface area contributed by atoms with Gasteiger partial charge in [0.25, 0.3) is 0 Å². The molecule has 1 atom stereocenters. The molecule has 2 aromatic rings.